The van der Waals surface area contributed by atoms with Crippen LogP contribution in [0.3, 0.4) is 0 Å². The van der Waals surface area contributed by atoms with E-state index in [0.29, 0.717) is 6.04 Å². The van der Waals surface area contributed by atoms with E-state index in [9.17, 15) is 0 Å². The number of benzene rings is 2. The number of nitrogens with zero attached hydrogens (tertiary/aromatic N) is 1. The number of hydrogen-bond acceptors (Lipinski definition) is 5. The summed E-state index contributed by atoms with van der Waals surface area (Å²) in [6.45, 7) is 1.06. The van der Waals surface area contributed by atoms with Crippen molar-refractivity contribution in [3.8, 4) is 11.5 Å². The zero-order valence-corrected chi connectivity index (χ0v) is 18.9. The molecular weight excluding hydrogens is 400 g/mol. The molecule has 2 N–H and O–H groups in total. The van der Waals surface area contributed by atoms with Gasteiger partial charge in [0.25, 0.3) is 0 Å². The van der Waals surface area contributed by atoms with E-state index in [0.717, 1.165) is 43.0 Å². The van der Waals surface area contributed by atoms with E-state index < -0.39 is 5.60 Å². The van der Waals surface area contributed by atoms with Crippen LogP contribution in [0.15, 0.2) is 48.6 Å². The molecule has 2 spiro atoms. The Bertz CT molecular complexity index is 1180. The van der Waals surface area contributed by atoms with E-state index in [1.165, 1.54) is 16.7 Å². The Labute approximate surface area is 189 Å². The Morgan fingerprint density at radius 1 is 1.12 bits per heavy atom. The van der Waals surface area contributed by atoms with E-state index in [4.69, 9.17) is 19.9 Å². The maximum Gasteiger partial charge on any atom is 0.166 e. The lowest BCUT2D eigenvalue weighted by Crippen LogP contribution is -2.78. The summed E-state index contributed by atoms with van der Waals surface area (Å²) >= 11 is 0. The van der Waals surface area contributed by atoms with E-state index in [-0.39, 0.29) is 22.9 Å². The van der Waals surface area contributed by atoms with Crippen molar-refractivity contribution in [3.63, 3.8) is 0 Å². The molecule has 0 radical (unpaired) electrons. The van der Waals surface area contributed by atoms with Crippen LogP contribution in [0.1, 0.15) is 35.4 Å². The van der Waals surface area contributed by atoms with Crippen LogP contribution >= 0.6 is 0 Å². The second-order valence-corrected chi connectivity index (χ2v) is 10.4. The lowest BCUT2D eigenvalue weighted by molar-refractivity contribution is -0.197. The lowest BCUT2D eigenvalue weighted by Gasteiger charge is -2.71. The van der Waals surface area contributed by atoms with Gasteiger partial charge in [-0.1, -0.05) is 36.4 Å². The third kappa shape index (κ3) is 1.80. The van der Waals surface area contributed by atoms with Gasteiger partial charge in [0.2, 0.25) is 0 Å². The first-order chi connectivity index (χ1) is 15.5. The molecule has 1 saturated carbocycles. The number of hydrogen-bond donors (Lipinski definition) is 1. The van der Waals surface area contributed by atoms with Gasteiger partial charge in [0, 0.05) is 35.7 Å². The molecule has 32 heavy (non-hydrogen) atoms. The molecule has 6 atom stereocenters. The van der Waals surface area contributed by atoms with Gasteiger partial charge in [0.1, 0.15) is 11.7 Å². The van der Waals surface area contributed by atoms with Gasteiger partial charge in [-0.05, 0) is 56.1 Å². The number of fused-ring (bicyclic) bond motifs is 1. The number of nitrogens with two attached hydrogens (primary N) is 1. The first kappa shape index (κ1) is 19.0. The smallest absolute Gasteiger partial charge is 0.166 e. The zero-order chi connectivity index (χ0) is 21.9. The molecule has 2 aliphatic heterocycles. The fraction of sp³-hybridized carbons (Fsp3) is 0.481. The topological polar surface area (TPSA) is 57.0 Å². The highest BCUT2D eigenvalue weighted by molar-refractivity contribution is 5.66. The van der Waals surface area contributed by atoms with Crippen molar-refractivity contribution < 1.29 is 14.2 Å². The number of nitrogen functional groups attached to an aromatic ring is 1. The molecule has 6 aliphatic rings. The minimum atomic E-state index is -0.573. The molecule has 4 aliphatic carbocycles. The van der Waals surface area contributed by atoms with Crippen LogP contribution in [0.5, 0.6) is 11.5 Å². The molecule has 0 aromatic heterocycles. The molecule has 2 aromatic carbocycles. The van der Waals surface area contributed by atoms with E-state index in [2.05, 4.69) is 48.4 Å². The Morgan fingerprint density at radius 3 is 2.75 bits per heavy atom. The van der Waals surface area contributed by atoms with Gasteiger partial charge in [-0.15, -0.1) is 0 Å². The van der Waals surface area contributed by atoms with Gasteiger partial charge in [-0.3, -0.25) is 0 Å². The van der Waals surface area contributed by atoms with E-state index >= 15 is 0 Å². The monoisotopic (exact) mass is 430 g/mol. The molecule has 2 aromatic rings. The van der Waals surface area contributed by atoms with Crippen molar-refractivity contribution >= 4 is 5.69 Å². The van der Waals surface area contributed by atoms with Crippen LogP contribution in [0.2, 0.25) is 0 Å². The van der Waals surface area contributed by atoms with Crippen LogP contribution in [-0.4, -0.2) is 50.5 Å². The highest BCUT2D eigenvalue weighted by Crippen LogP contribution is 2.75. The van der Waals surface area contributed by atoms with Crippen molar-refractivity contribution in [2.24, 2.45) is 5.41 Å². The summed E-state index contributed by atoms with van der Waals surface area (Å²) < 4.78 is 19.3. The Morgan fingerprint density at radius 2 is 1.97 bits per heavy atom. The molecule has 0 amide bonds. The minimum absolute atomic E-state index is 0.0253. The van der Waals surface area contributed by atoms with Crippen LogP contribution in [0.25, 0.3) is 0 Å². The third-order valence-electron chi connectivity index (χ3n) is 9.65. The van der Waals surface area contributed by atoms with Crippen LogP contribution < -0.4 is 15.2 Å². The highest BCUT2D eigenvalue weighted by Gasteiger charge is 2.79. The second kappa shape index (κ2) is 5.89. The molecule has 5 heteroatoms. The van der Waals surface area contributed by atoms with Crippen molar-refractivity contribution in [1.82, 2.24) is 4.90 Å². The van der Waals surface area contributed by atoms with Crippen molar-refractivity contribution in [1.29, 1.82) is 0 Å². The molecule has 4 bridgehead atoms. The maximum absolute atomic E-state index is 6.99. The Balaban J connectivity index is 1.55. The molecule has 2 heterocycles. The molecular formula is C27H30N2O3. The fourth-order valence-electron chi connectivity index (χ4n) is 8.39. The number of methoxy groups -OCH3 is 2. The molecule has 2 fully saturated rings. The molecule has 5 nitrogen and oxygen atoms in total. The van der Waals surface area contributed by atoms with E-state index in [1.54, 1.807) is 7.11 Å². The van der Waals surface area contributed by atoms with Crippen molar-refractivity contribution in [2.75, 3.05) is 33.5 Å². The van der Waals surface area contributed by atoms with Gasteiger partial charge >= 0.3 is 0 Å². The average molecular weight is 431 g/mol. The second-order valence-electron chi connectivity index (χ2n) is 10.4. The predicted molar refractivity (Wildman–Crippen MR) is 123 cm³/mol. The summed E-state index contributed by atoms with van der Waals surface area (Å²) in [5, 5.41) is 0. The van der Waals surface area contributed by atoms with Crippen LogP contribution in [0, 0.1) is 5.41 Å². The fourth-order valence-corrected chi connectivity index (χ4v) is 8.39. The first-order valence-corrected chi connectivity index (χ1v) is 11.7. The molecule has 8 rings (SSSR count). The summed E-state index contributed by atoms with van der Waals surface area (Å²) in [5.41, 5.74) is 10.7. The number of anilines is 1. The van der Waals surface area contributed by atoms with Gasteiger partial charge in [0.05, 0.1) is 12.5 Å². The predicted octanol–water partition coefficient (Wildman–Crippen LogP) is 3.67. The maximum atomic E-state index is 6.99. The molecule has 166 valence electrons. The Hall–Kier alpha value is -2.50. The number of likely N-dealkylation sites (N-methyl/N-ethyl adjacent to an activating group) is 1. The molecule has 0 unspecified atom stereocenters. The first-order valence-electron chi connectivity index (χ1n) is 11.7. The van der Waals surface area contributed by atoms with Gasteiger partial charge in [-0.25, -0.2) is 0 Å². The summed E-state index contributed by atoms with van der Waals surface area (Å²) in [4.78, 5) is 2.58. The lowest BCUT2D eigenvalue weighted by atomic mass is 9.36. The number of ether oxygens (including phenoxy) is 3. The average Bonchev–Trinajstić information content (AvgIpc) is 3.18. The van der Waals surface area contributed by atoms with Crippen LogP contribution in [0.4, 0.5) is 5.69 Å². The number of para-hydroxylation sites is 1. The quantitative estimate of drug-likeness (QED) is 0.595. The van der Waals surface area contributed by atoms with Crippen LogP contribution in [-0.2, 0) is 16.6 Å². The number of rotatable bonds is 3. The SMILES string of the molecule is COc1ccc2c3c1O[C@H]1[C@]4(OC)C=C[C@@]5(C[C@@H]4c4ccccc4N)[C@@H](C2)N(C)CC[C@]315. The summed E-state index contributed by atoms with van der Waals surface area (Å²) in [7, 11) is 5.87. The van der Waals surface area contributed by atoms with Gasteiger partial charge in [-0.2, -0.15) is 0 Å². The van der Waals surface area contributed by atoms with Gasteiger partial charge in [0.15, 0.2) is 11.5 Å². The third-order valence-corrected chi connectivity index (χ3v) is 9.65. The number of likely N-dealkylation sites (tertiary alicyclic amines) is 1. The summed E-state index contributed by atoms with van der Waals surface area (Å²) in [5.74, 6) is 1.91. The summed E-state index contributed by atoms with van der Waals surface area (Å²) in [6, 6.07) is 13.1. The molecule has 1 saturated heterocycles. The van der Waals surface area contributed by atoms with Gasteiger partial charge < -0.3 is 24.8 Å². The highest BCUT2D eigenvalue weighted by atomic mass is 16.6. The van der Waals surface area contributed by atoms with Crippen molar-refractivity contribution in [3.05, 3.63) is 65.2 Å². The summed E-state index contributed by atoms with van der Waals surface area (Å²) in [6.07, 6.45) is 7.82. The minimum Gasteiger partial charge on any atom is -0.493 e. The van der Waals surface area contributed by atoms with Crippen molar-refractivity contribution in [2.45, 2.75) is 48.3 Å². The number of piperidine rings is 1. The van der Waals surface area contributed by atoms with E-state index in [1.807, 2.05) is 19.2 Å². The normalized spacial score (nSPS) is 40.2. The Kier molecular flexibility index (Phi) is 3.50. The largest absolute Gasteiger partial charge is 0.493 e. The standard InChI is InChI=1S/C27H30N2O3/c1-29-13-12-26-22-16-8-9-20(30-2)23(22)32-24(26)27(31-3)11-10-25(26,21(29)14-16)15-18(27)17-6-4-5-7-19(17)28/h4-11,18,21,24H,12-15,28H2,1-3H3/t18-,21-,24-,25-,26+,27+/m1/s1. The zero-order valence-electron chi connectivity index (χ0n) is 18.9.